The van der Waals surface area contributed by atoms with Crippen molar-refractivity contribution in [3.63, 3.8) is 0 Å². The van der Waals surface area contributed by atoms with Crippen molar-refractivity contribution in [3.8, 4) is 0 Å². The summed E-state index contributed by atoms with van der Waals surface area (Å²) >= 11 is 0. The second-order valence-corrected chi connectivity index (χ2v) is 4.90. The molecule has 1 saturated carbocycles. The molecule has 1 aliphatic carbocycles. The molecule has 0 aromatic carbocycles. The van der Waals surface area contributed by atoms with Crippen molar-refractivity contribution in [3.05, 3.63) is 0 Å². The maximum absolute atomic E-state index is 13.6. The molecule has 1 aliphatic rings. The van der Waals surface area contributed by atoms with E-state index in [4.69, 9.17) is 0 Å². The Bertz CT molecular complexity index is 117. The predicted octanol–water partition coefficient (Wildman–Crippen LogP) is 4.88. The van der Waals surface area contributed by atoms with E-state index in [9.17, 15) is 4.39 Å². The summed E-state index contributed by atoms with van der Waals surface area (Å²) < 4.78 is 13.6. The smallest absolute Gasteiger partial charge is 0.103 e. The fourth-order valence-electron chi connectivity index (χ4n) is 2.33. The van der Waals surface area contributed by atoms with Crippen LogP contribution in [0.5, 0.6) is 0 Å². The average molecular weight is 200 g/mol. The maximum atomic E-state index is 13.6. The number of hydrogen-bond donors (Lipinski definition) is 0. The molecule has 0 aliphatic heterocycles. The summed E-state index contributed by atoms with van der Waals surface area (Å²) in [7, 11) is 0. The quantitative estimate of drug-likeness (QED) is 0.523. The molecule has 1 heteroatoms. The van der Waals surface area contributed by atoms with E-state index in [0.717, 1.165) is 19.3 Å². The minimum absolute atomic E-state index is 0.300. The van der Waals surface area contributed by atoms with Gasteiger partial charge in [-0.2, -0.15) is 0 Å². The first-order valence-corrected chi connectivity index (χ1v) is 6.45. The number of alkyl halides is 1. The fourth-order valence-corrected chi connectivity index (χ4v) is 2.33. The molecule has 0 saturated heterocycles. The summed E-state index contributed by atoms with van der Waals surface area (Å²) in [5.41, 5.74) is 0. The summed E-state index contributed by atoms with van der Waals surface area (Å²) in [6, 6.07) is 0. The van der Waals surface area contributed by atoms with Crippen LogP contribution >= 0.6 is 0 Å². The Morgan fingerprint density at radius 1 is 0.714 bits per heavy atom. The van der Waals surface area contributed by atoms with Gasteiger partial charge in [-0.1, -0.05) is 58.3 Å². The fraction of sp³-hybridized carbons (Fsp3) is 1.00. The number of halogens is 1. The van der Waals surface area contributed by atoms with Gasteiger partial charge in [-0.05, 0) is 18.8 Å². The highest BCUT2D eigenvalue weighted by atomic mass is 19.1. The van der Waals surface area contributed by atoms with Crippen LogP contribution < -0.4 is 0 Å². The molecule has 0 aromatic heterocycles. The summed E-state index contributed by atoms with van der Waals surface area (Å²) in [6.45, 7) is 2.08. The molecule has 0 spiro atoms. The average Bonchev–Trinajstić information content (AvgIpc) is 2.18. The number of hydrogen-bond acceptors (Lipinski definition) is 0. The van der Waals surface area contributed by atoms with Gasteiger partial charge in [0.1, 0.15) is 6.17 Å². The summed E-state index contributed by atoms with van der Waals surface area (Å²) in [5.74, 6) is 0.300. The highest BCUT2D eigenvalue weighted by Crippen LogP contribution is 2.22. The highest BCUT2D eigenvalue weighted by Gasteiger charge is 2.15. The predicted molar refractivity (Wildman–Crippen MR) is 60.2 cm³/mol. The Morgan fingerprint density at radius 3 is 1.71 bits per heavy atom. The third-order valence-corrected chi connectivity index (χ3v) is 3.51. The minimum atomic E-state index is -0.533. The van der Waals surface area contributed by atoms with Crippen molar-refractivity contribution in [2.75, 3.05) is 0 Å². The molecule has 14 heavy (non-hydrogen) atoms. The van der Waals surface area contributed by atoms with Gasteiger partial charge in [0.15, 0.2) is 0 Å². The van der Waals surface area contributed by atoms with Gasteiger partial charge in [0.05, 0.1) is 0 Å². The van der Waals surface area contributed by atoms with Crippen molar-refractivity contribution >= 4 is 0 Å². The lowest BCUT2D eigenvalue weighted by molar-refractivity contribution is 0.207. The van der Waals surface area contributed by atoms with Crippen LogP contribution in [0.1, 0.15) is 71.1 Å². The Morgan fingerprint density at radius 2 is 1.14 bits per heavy atom. The van der Waals surface area contributed by atoms with Crippen molar-refractivity contribution in [1.82, 2.24) is 0 Å². The summed E-state index contributed by atoms with van der Waals surface area (Å²) in [4.78, 5) is 0. The second-order valence-electron chi connectivity index (χ2n) is 4.90. The van der Waals surface area contributed by atoms with Crippen LogP contribution in [0.3, 0.4) is 0 Å². The molecule has 0 aromatic rings. The third-order valence-electron chi connectivity index (χ3n) is 3.51. The SMILES string of the molecule is CC1CCCCCCCCCCC1F. The first kappa shape index (κ1) is 12.0. The molecule has 0 amide bonds. The van der Waals surface area contributed by atoms with E-state index >= 15 is 0 Å². The Balaban J connectivity index is 2.23. The van der Waals surface area contributed by atoms with E-state index in [0.29, 0.717) is 5.92 Å². The van der Waals surface area contributed by atoms with Crippen molar-refractivity contribution in [2.24, 2.45) is 5.92 Å². The minimum Gasteiger partial charge on any atom is -0.247 e. The molecule has 0 radical (unpaired) electrons. The van der Waals surface area contributed by atoms with Gasteiger partial charge < -0.3 is 0 Å². The largest absolute Gasteiger partial charge is 0.247 e. The second kappa shape index (κ2) is 7.25. The van der Waals surface area contributed by atoms with Gasteiger partial charge in [0.25, 0.3) is 0 Å². The van der Waals surface area contributed by atoms with Gasteiger partial charge in [-0.25, -0.2) is 4.39 Å². The summed E-state index contributed by atoms with van der Waals surface area (Å²) in [5, 5.41) is 0. The molecule has 0 nitrogen and oxygen atoms in total. The molecular weight excluding hydrogens is 175 g/mol. The van der Waals surface area contributed by atoms with Crippen LogP contribution in [0.25, 0.3) is 0 Å². The van der Waals surface area contributed by atoms with E-state index in [2.05, 4.69) is 6.92 Å². The molecule has 0 heterocycles. The van der Waals surface area contributed by atoms with Gasteiger partial charge in [-0.3, -0.25) is 0 Å². The molecule has 1 rings (SSSR count). The van der Waals surface area contributed by atoms with Gasteiger partial charge in [-0.15, -0.1) is 0 Å². The standard InChI is InChI=1S/C13H25F/c1-12-10-8-6-4-2-3-5-7-9-11-13(12)14/h12-13H,2-11H2,1H3. The number of rotatable bonds is 0. The van der Waals surface area contributed by atoms with E-state index in [1.807, 2.05) is 0 Å². The molecule has 2 atom stereocenters. The molecule has 2 unspecified atom stereocenters. The Hall–Kier alpha value is -0.0700. The van der Waals surface area contributed by atoms with Crippen molar-refractivity contribution in [1.29, 1.82) is 0 Å². The molecule has 1 fully saturated rings. The first-order valence-electron chi connectivity index (χ1n) is 6.45. The van der Waals surface area contributed by atoms with Crippen molar-refractivity contribution < 1.29 is 4.39 Å². The molecular formula is C13H25F. The summed E-state index contributed by atoms with van der Waals surface area (Å²) in [6.07, 6.45) is 11.7. The third kappa shape index (κ3) is 4.97. The lowest BCUT2D eigenvalue weighted by atomic mass is 9.93. The molecule has 0 bridgehead atoms. The molecule has 84 valence electrons. The van der Waals surface area contributed by atoms with E-state index < -0.39 is 6.17 Å². The van der Waals surface area contributed by atoms with Crippen LogP contribution in [0.15, 0.2) is 0 Å². The van der Waals surface area contributed by atoms with Crippen LogP contribution in [-0.2, 0) is 0 Å². The maximum Gasteiger partial charge on any atom is 0.103 e. The van der Waals surface area contributed by atoms with Gasteiger partial charge >= 0.3 is 0 Å². The van der Waals surface area contributed by atoms with Gasteiger partial charge in [0.2, 0.25) is 0 Å². The first-order chi connectivity index (χ1) is 6.80. The normalized spacial score (nSPS) is 33.0. The van der Waals surface area contributed by atoms with Gasteiger partial charge in [0, 0.05) is 0 Å². The Kier molecular flexibility index (Phi) is 6.22. The monoisotopic (exact) mass is 200 g/mol. The van der Waals surface area contributed by atoms with E-state index in [-0.39, 0.29) is 0 Å². The van der Waals surface area contributed by atoms with Crippen LogP contribution in [-0.4, -0.2) is 6.17 Å². The van der Waals surface area contributed by atoms with Crippen LogP contribution in [0.2, 0.25) is 0 Å². The van der Waals surface area contributed by atoms with E-state index in [1.165, 1.54) is 44.9 Å². The zero-order valence-electron chi connectivity index (χ0n) is 9.60. The van der Waals surface area contributed by atoms with E-state index in [1.54, 1.807) is 0 Å². The topological polar surface area (TPSA) is 0 Å². The zero-order valence-corrected chi connectivity index (χ0v) is 9.60. The highest BCUT2D eigenvalue weighted by molar-refractivity contribution is 4.66. The zero-order chi connectivity index (χ0) is 10.2. The van der Waals surface area contributed by atoms with Crippen molar-refractivity contribution in [2.45, 2.75) is 77.3 Å². The lowest BCUT2D eigenvalue weighted by Crippen LogP contribution is -2.12. The lowest BCUT2D eigenvalue weighted by Gasteiger charge is -2.17. The Labute approximate surface area is 88.3 Å². The van der Waals surface area contributed by atoms with Crippen LogP contribution in [0.4, 0.5) is 4.39 Å². The van der Waals surface area contributed by atoms with Crippen LogP contribution in [0, 0.1) is 5.92 Å². The molecule has 0 N–H and O–H groups in total.